The van der Waals surface area contributed by atoms with Crippen molar-refractivity contribution in [3.63, 3.8) is 0 Å². The summed E-state index contributed by atoms with van der Waals surface area (Å²) in [5.41, 5.74) is 2.05. The number of rotatable bonds is 1. The molecular weight excluding hydrogens is 190 g/mol. The largest absolute Gasteiger partial charge is 0.480 e. The highest BCUT2D eigenvalue weighted by Crippen LogP contribution is 2.33. The fourth-order valence-corrected chi connectivity index (χ4v) is 1.68. The molecule has 0 fully saturated rings. The number of fused-ring (bicyclic) bond motifs is 1. The lowest BCUT2D eigenvalue weighted by molar-refractivity contribution is 0.401. The van der Waals surface area contributed by atoms with E-state index in [1.165, 1.54) is 11.9 Å². The molecule has 80 valence electrons. The first-order valence-corrected chi connectivity index (χ1v) is 4.90. The van der Waals surface area contributed by atoms with Crippen molar-refractivity contribution in [2.24, 2.45) is 0 Å². The molecular formula is C11H15N3O. The molecule has 0 unspecified atom stereocenters. The molecule has 2 aromatic rings. The van der Waals surface area contributed by atoms with Crippen LogP contribution in [0.3, 0.4) is 0 Å². The van der Waals surface area contributed by atoms with E-state index in [1.54, 1.807) is 7.11 Å². The molecule has 2 aromatic heterocycles. The van der Waals surface area contributed by atoms with E-state index in [2.05, 4.69) is 35.7 Å². The van der Waals surface area contributed by atoms with E-state index in [1.807, 2.05) is 6.20 Å². The van der Waals surface area contributed by atoms with Crippen LogP contribution in [0.2, 0.25) is 0 Å². The lowest BCUT2D eigenvalue weighted by Gasteiger charge is -2.17. The number of aromatic nitrogens is 3. The fraction of sp³-hybridized carbons (Fsp3) is 0.455. The normalized spacial score (nSPS) is 12.0. The van der Waals surface area contributed by atoms with Crippen molar-refractivity contribution in [1.29, 1.82) is 0 Å². The zero-order valence-electron chi connectivity index (χ0n) is 9.46. The van der Waals surface area contributed by atoms with Gasteiger partial charge in [-0.2, -0.15) is 0 Å². The first-order chi connectivity index (χ1) is 7.04. The van der Waals surface area contributed by atoms with Crippen LogP contribution in [0.5, 0.6) is 5.88 Å². The quantitative estimate of drug-likeness (QED) is 0.777. The first kappa shape index (κ1) is 9.96. The number of nitrogens with zero attached hydrogens (tertiary/aromatic N) is 2. The van der Waals surface area contributed by atoms with Crippen LogP contribution in [-0.2, 0) is 5.41 Å². The minimum absolute atomic E-state index is 0.0518. The maximum absolute atomic E-state index is 5.25. The highest BCUT2D eigenvalue weighted by molar-refractivity contribution is 5.85. The Bertz CT molecular complexity index is 482. The lowest BCUT2D eigenvalue weighted by Crippen LogP contribution is -2.10. The smallest absolute Gasteiger partial charge is 0.226 e. The summed E-state index contributed by atoms with van der Waals surface area (Å²) in [4.78, 5) is 11.4. The van der Waals surface area contributed by atoms with Crippen molar-refractivity contribution < 1.29 is 4.74 Å². The molecule has 0 amide bonds. The van der Waals surface area contributed by atoms with Crippen LogP contribution >= 0.6 is 0 Å². The molecule has 4 nitrogen and oxygen atoms in total. The summed E-state index contributed by atoms with van der Waals surface area (Å²) in [6.45, 7) is 6.46. The van der Waals surface area contributed by atoms with Gasteiger partial charge in [-0.3, -0.25) is 0 Å². The van der Waals surface area contributed by atoms with Crippen LogP contribution in [0.25, 0.3) is 11.0 Å². The molecule has 0 aliphatic rings. The van der Waals surface area contributed by atoms with E-state index in [-0.39, 0.29) is 5.41 Å². The second kappa shape index (κ2) is 3.22. The maximum atomic E-state index is 5.25. The van der Waals surface area contributed by atoms with Crippen LogP contribution < -0.4 is 4.74 Å². The van der Waals surface area contributed by atoms with Crippen LogP contribution in [0.4, 0.5) is 0 Å². The number of H-pyrrole nitrogens is 1. The van der Waals surface area contributed by atoms with Gasteiger partial charge >= 0.3 is 0 Å². The average Bonchev–Trinajstić information content (AvgIpc) is 2.59. The molecule has 0 saturated heterocycles. The van der Waals surface area contributed by atoms with Gasteiger partial charge in [0, 0.05) is 6.20 Å². The Morgan fingerprint density at radius 1 is 1.27 bits per heavy atom. The van der Waals surface area contributed by atoms with Crippen molar-refractivity contribution in [2.45, 2.75) is 26.2 Å². The summed E-state index contributed by atoms with van der Waals surface area (Å²) < 4.78 is 5.25. The van der Waals surface area contributed by atoms with Gasteiger partial charge in [-0.25, -0.2) is 9.97 Å². The summed E-state index contributed by atoms with van der Waals surface area (Å²) in [5, 5.41) is 0.979. The highest BCUT2D eigenvalue weighted by atomic mass is 16.5. The van der Waals surface area contributed by atoms with E-state index in [9.17, 15) is 0 Å². The molecule has 2 heterocycles. The van der Waals surface area contributed by atoms with E-state index in [0.29, 0.717) is 5.88 Å². The van der Waals surface area contributed by atoms with Crippen molar-refractivity contribution in [1.82, 2.24) is 15.0 Å². The summed E-state index contributed by atoms with van der Waals surface area (Å²) in [6, 6.07) is 0. The zero-order chi connectivity index (χ0) is 11.1. The first-order valence-electron chi connectivity index (χ1n) is 4.90. The van der Waals surface area contributed by atoms with Gasteiger partial charge in [-0.1, -0.05) is 20.8 Å². The summed E-state index contributed by atoms with van der Waals surface area (Å²) in [7, 11) is 1.63. The minimum Gasteiger partial charge on any atom is -0.480 e. The van der Waals surface area contributed by atoms with Gasteiger partial charge in [-0.15, -0.1) is 0 Å². The fourth-order valence-electron chi connectivity index (χ4n) is 1.68. The van der Waals surface area contributed by atoms with E-state index >= 15 is 0 Å². The number of ether oxygens (including phenoxy) is 1. The van der Waals surface area contributed by atoms with Gasteiger partial charge in [0.05, 0.1) is 12.5 Å². The molecule has 0 aliphatic carbocycles. The van der Waals surface area contributed by atoms with Crippen LogP contribution in [0, 0.1) is 0 Å². The predicted octanol–water partition coefficient (Wildman–Crippen LogP) is 2.26. The van der Waals surface area contributed by atoms with Crippen LogP contribution in [-0.4, -0.2) is 22.1 Å². The Morgan fingerprint density at radius 3 is 2.60 bits per heavy atom. The second-order valence-corrected chi connectivity index (χ2v) is 4.56. The molecule has 1 N–H and O–H groups in total. The Kier molecular flexibility index (Phi) is 2.14. The number of methoxy groups -OCH3 is 1. The molecule has 0 spiro atoms. The van der Waals surface area contributed by atoms with Crippen molar-refractivity contribution in [3.05, 3.63) is 18.1 Å². The second-order valence-electron chi connectivity index (χ2n) is 4.56. The standard InChI is InChI=1S/C11H15N3O/c1-11(2,3)7-5-12-9-8(7)10(15-4)14-6-13-9/h5-6H,1-4H3,(H,12,13,14). The number of aromatic amines is 1. The molecule has 2 rings (SSSR count). The summed E-state index contributed by atoms with van der Waals surface area (Å²) >= 11 is 0. The number of hydrogen-bond acceptors (Lipinski definition) is 3. The summed E-state index contributed by atoms with van der Waals surface area (Å²) in [5.74, 6) is 0.631. The molecule has 0 atom stereocenters. The molecule has 0 bridgehead atoms. The van der Waals surface area contributed by atoms with Crippen molar-refractivity contribution in [2.75, 3.05) is 7.11 Å². The molecule has 0 saturated carbocycles. The van der Waals surface area contributed by atoms with Gasteiger partial charge in [0.2, 0.25) is 5.88 Å². The van der Waals surface area contributed by atoms with E-state index < -0.39 is 0 Å². The monoisotopic (exact) mass is 205 g/mol. The number of nitrogens with one attached hydrogen (secondary N) is 1. The van der Waals surface area contributed by atoms with E-state index in [4.69, 9.17) is 4.74 Å². The molecule has 0 radical (unpaired) electrons. The topological polar surface area (TPSA) is 50.8 Å². The lowest BCUT2D eigenvalue weighted by atomic mass is 9.87. The van der Waals surface area contributed by atoms with Crippen molar-refractivity contribution >= 4 is 11.0 Å². The Morgan fingerprint density at radius 2 is 2.00 bits per heavy atom. The Labute approximate surface area is 88.7 Å². The third-order valence-electron chi connectivity index (χ3n) is 2.44. The van der Waals surface area contributed by atoms with E-state index in [0.717, 1.165) is 11.0 Å². The molecule has 0 aliphatic heterocycles. The van der Waals surface area contributed by atoms with Crippen LogP contribution in [0.15, 0.2) is 12.5 Å². The van der Waals surface area contributed by atoms with Crippen molar-refractivity contribution in [3.8, 4) is 5.88 Å². The minimum atomic E-state index is 0.0518. The van der Waals surface area contributed by atoms with Gasteiger partial charge in [0.15, 0.2) is 0 Å². The highest BCUT2D eigenvalue weighted by Gasteiger charge is 2.21. The molecule has 4 heteroatoms. The van der Waals surface area contributed by atoms with Gasteiger partial charge in [0.25, 0.3) is 0 Å². The zero-order valence-corrected chi connectivity index (χ0v) is 9.46. The number of hydrogen-bond donors (Lipinski definition) is 1. The molecule has 15 heavy (non-hydrogen) atoms. The predicted molar refractivity (Wildman–Crippen MR) is 59.1 cm³/mol. The Balaban J connectivity index is 2.77. The third-order valence-corrected chi connectivity index (χ3v) is 2.44. The average molecular weight is 205 g/mol. The van der Waals surface area contributed by atoms with Gasteiger partial charge in [0.1, 0.15) is 12.0 Å². The Hall–Kier alpha value is -1.58. The van der Waals surface area contributed by atoms with Gasteiger partial charge in [-0.05, 0) is 11.0 Å². The third kappa shape index (κ3) is 1.56. The van der Waals surface area contributed by atoms with Crippen LogP contribution in [0.1, 0.15) is 26.3 Å². The maximum Gasteiger partial charge on any atom is 0.226 e. The summed E-state index contributed by atoms with van der Waals surface area (Å²) in [6.07, 6.45) is 3.48. The van der Waals surface area contributed by atoms with Gasteiger partial charge < -0.3 is 9.72 Å². The molecule has 0 aromatic carbocycles. The SMILES string of the molecule is COc1ncnc2[nH]cc(C(C)(C)C)c12.